The van der Waals surface area contributed by atoms with Gasteiger partial charge in [0.15, 0.2) is 12.4 Å². The van der Waals surface area contributed by atoms with E-state index >= 15 is 0 Å². The number of nitrogens with one attached hydrogen (secondary N) is 1. The van der Waals surface area contributed by atoms with Gasteiger partial charge in [-0.2, -0.15) is 0 Å². The minimum atomic E-state index is -4.01. The second-order valence-corrected chi connectivity index (χ2v) is 11.2. The van der Waals surface area contributed by atoms with Gasteiger partial charge in [0.05, 0.1) is 16.1 Å². The van der Waals surface area contributed by atoms with Gasteiger partial charge in [-0.1, -0.05) is 63.2 Å². The second kappa shape index (κ2) is 9.62. The molecule has 1 N–H and O–H groups in total. The normalized spacial score (nSPS) is 11.9. The van der Waals surface area contributed by atoms with E-state index in [1.54, 1.807) is 49.4 Å². The first-order valence-corrected chi connectivity index (χ1v) is 12.9. The number of carbonyl (C=O) groups excluding carboxylic acids is 2. The average molecular weight is 506 g/mol. The van der Waals surface area contributed by atoms with E-state index < -0.39 is 28.4 Å². The molecule has 36 heavy (non-hydrogen) atoms. The van der Waals surface area contributed by atoms with Crippen molar-refractivity contribution in [2.24, 2.45) is 0 Å². The Balaban J connectivity index is 1.53. The number of furan rings is 1. The molecule has 0 saturated heterocycles. The van der Waals surface area contributed by atoms with Crippen LogP contribution >= 0.6 is 0 Å². The number of hydrogen-bond donors (Lipinski definition) is 1. The third-order valence-electron chi connectivity index (χ3n) is 5.77. The highest BCUT2D eigenvalue weighted by Crippen LogP contribution is 2.29. The fraction of sp³-hybridized carbons (Fsp3) is 0.214. The summed E-state index contributed by atoms with van der Waals surface area (Å²) in [4.78, 5) is 25.4. The Kier molecular flexibility index (Phi) is 6.73. The molecule has 7 nitrogen and oxygen atoms in total. The number of hydrogen-bond acceptors (Lipinski definition) is 6. The molecule has 0 amide bonds. The number of aryl methyl sites for hydroxylation is 1. The third-order valence-corrected chi connectivity index (χ3v) is 7.28. The molecule has 0 unspecified atom stereocenters. The van der Waals surface area contributed by atoms with Crippen LogP contribution in [-0.2, 0) is 20.2 Å². The van der Waals surface area contributed by atoms with Gasteiger partial charge in [0.25, 0.3) is 10.0 Å². The first kappa shape index (κ1) is 25.2. The van der Waals surface area contributed by atoms with Crippen molar-refractivity contribution in [2.75, 3.05) is 11.3 Å². The predicted molar refractivity (Wildman–Crippen MR) is 138 cm³/mol. The highest BCUT2D eigenvalue weighted by Gasteiger charge is 2.24. The predicted octanol–water partition coefficient (Wildman–Crippen LogP) is 5.88. The van der Waals surface area contributed by atoms with Gasteiger partial charge in [-0.25, -0.2) is 13.2 Å². The molecule has 0 fully saturated rings. The molecule has 0 bridgehead atoms. The average Bonchev–Trinajstić information content (AvgIpc) is 3.26. The molecule has 4 rings (SSSR count). The molecule has 1 heterocycles. The van der Waals surface area contributed by atoms with E-state index in [2.05, 4.69) is 4.72 Å². The molecular formula is C28H27NO6S. The number of para-hydroxylation sites is 2. The van der Waals surface area contributed by atoms with E-state index in [1.165, 1.54) is 12.1 Å². The maximum Gasteiger partial charge on any atom is 0.340 e. The lowest BCUT2D eigenvalue weighted by atomic mass is 9.87. The minimum absolute atomic E-state index is 0.0110. The van der Waals surface area contributed by atoms with Crippen LogP contribution in [0.25, 0.3) is 11.0 Å². The summed E-state index contributed by atoms with van der Waals surface area (Å²) in [6.45, 7) is 7.16. The first-order chi connectivity index (χ1) is 17.0. The fourth-order valence-electron chi connectivity index (χ4n) is 3.71. The molecule has 186 valence electrons. The molecular weight excluding hydrogens is 478 g/mol. The van der Waals surface area contributed by atoms with Crippen LogP contribution in [0.1, 0.15) is 52.8 Å². The molecule has 0 aliphatic heterocycles. The van der Waals surface area contributed by atoms with Crippen LogP contribution in [0.4, 0.5) is 5.69 Å². The summed E-state index contributed by atoms with van der Waals surface area (Å²) >= 11 is 0. The Morgan fingerprint density at radius 2 is 1.64 bits per heavy atom. The molecule has 4 aromatic rings. The summed E-state index contributed by atoms with van der Waals surface area (Å²) in [7, 11) is -4.01. The van der Waals surface area contributed by atoms with Crippen LogP contribution in [0.15, 0.2) is 82.1 Å². The summed E-state index contributed by atoms with van der Waals surface area (Å²) in [5.41, 5.74) is 1.80. The van der Waals surface area contributed by atoms with E-state index in [0.29, 0.717) is 11.1 Å². The summed E-state index contributed by atoms with van der Waals surface area (Å²) in [5, 5.41) is 0.762. The van der Waals surface area contributed by atoms with Crippen LogP contribution in [0, 0.1) is 6.92 Å². The van der Waals surface area contributed by atoms with Gasteiger partial charge in [0.1, 0.15) is 5.58 Å². The lowest BCUT2D eigenvalue weighted by molar-refractivity contribution is 0.0469. The molecule has 0 saturated carbocycles. The van der Waals surface area contributed by atoms with E-state index in [0.717, 1.165) is 10.9 Å². The van der Waals surface area contributed by atoms with Gasteiger partial charge >= 0.3 is 5.97 Å². The standard InChI is InChI=1S/C28H27NO6S/c1-18-13-14-20(28(2,3)4)16-26(18)36(32,33)29-22-11-7-6-10-21(22)27(31)34-17-23(30)25-15-19-9-5-8-12-24(19)35-25/h5-16,29H,17H2,1-4H3. The Hall–Kier alpha value is -3.91. The van der Waals surface area contributed by atoms with E-state index in [9.17, 15) is 18.0 Å². The van der Waals surface area contributed by atoms with Gasteiger partial charge in [-0.3, -0.25) is 9.52 Å². The maximum atomic E-state index is 13.3. The Morgan fingerprint density at radius 3 is 2.36 bits per heavy atom. The minimum Gasteiger partial charge on any atom is -0.453 e. The number of carbonyl (C=O) groups is 2. The van der Waals surface area contributed by atoms with Crippen LogP contribution in [0.3, 0.4) is 0 Å². The van der Waals surface area contributed by atoms with Gasteiger partial charge in [0, 0.05) is 5.39 Å². The number of esters is 1. The molecule has 0 aliphatic carbocycles. The molecule has 1 aromatic heterocycles. The second-order valence-electron chi connectivity index (χ2n) is 9.53. The Morgan fingerprint density at radius 1 is 0.944 bits per heavy atom. The van der Waals surface area contributed by atoms with Gasteiger partial charge in [-0.15, -0.1) is 0 Å². The smallest absolute Gasteiger partial charge is 0.340 e. The number of ketones is 1. The SMILES string of the molecule is Cc1ccc(C(C)(C)C)cc1S(=O)(=O)Nc1ccccc1C(=O)OCC(=O)c1cc2ccccc2o1. The molecule has 0 aliphatic rings. The molecule has 0 spiro atoms. The van der Waals surface area contributed by atoms with Gasteiger partial charge in [0.2, 0.25) is 5.78 Å². The van der Waals surface area contributed by atoms with Crippen molar-refractivity contribution in [3.05, 3.63) is 95.2 Å². The number of anilines is 1. The zero-order valence-electron chi connectivity index (χ0n) is 20.5. The monoisotopic (exact) mass is 505 g/mol. The zero-order valence-corrected chi connectivity index (χ0v) is 21.3. The number of benzene rings is 3. The van der Waals surface area contributed by atoms with Gasteiger partial charge in [-0.05, 0) is 53.8 Å². The highest BCUT2D eigenvalue weighted by molar-refractivity contribution is 7.92. The Bertz CT molecular complexity index is 1530. The van der Waals surface area contributed by atoms with Crippen molar-refractivity contribution in [3.63, 3.8) is 0 Å². The van der Waals surface area contributed by atoms with Gasteiger partial charge < -0.3 is 9.15 Å². The van der Waals surface area contributed by atoms with Crippen molar-refractivity contribution in [2.45, 2.75) is 38.0 Å². The lowest BCUT2D eigenvalue weighted by Gasteiger charge is -2.21. The first-order valence-electron chi connectivity index (χ1n) is 11.4. The molecule has 8 heteroatoms. The fourth-order valence-corrected chi connectivity index (χ4v) is 5.06. The number of sulfonamides is 1. The maximum absolute atomic E-state index is 13.3. The third kappa shape index (κ3) is 5.33. The Labute approximate surface area is 210 Å². The topological polar surface area (TPSA) is 103 Å². The number of fused-ring (bicyclic) bond motifs is 1. The zero-order chi connectivity index (χ0) is 26.1. The summed E-state index contributed by atoms with van der Waals surface area (Å²) in [6, 6.07) is 20.1. The summed E-state index contributed by atoms with van der Waals surface area (Å²) < 4.78 is 39.8. The van der Waals surface area contributed by atoms with Crippen molar-refractivity contribution in [1.29, 1.82) is 0 Å². The lowest BCUT2D eigenvalue weighted by Crippen LogP contribution is -2.20. The van der Waals surface area contributed by atoms with E-state index in [-0.39, 0.29) is 27.3 Å². The van der Waals surface area contributed by atoms with Crippen molar-refractivity contribution in [1.82, 2.24) is 0 Å². The summed E-state index contributed by atoms with van der Waals surface area (Å²) in [5.74, 6) is -1.27. The van der Waals surface area contributed by atoms with Crippen molar-refractivity contribution >= 4 is 38.4 Å². The molecule has 0 atom stereocenters. The van der Waals surface area contributed by atoms with Crippen LogP contribution in [0.2, 0.25) is 0 Å². The van der Waals surface area contributed by atoms with E-state index in [1.807, 2.05) is 39.0 Å². The largest absolute Gasteiger partial charge is 0.453 e. The quantitative estimate of drug-likeness (QED) is 0.249. The van der Waals surface area contributed by atoms with Crippen LogP contribution < -0.4 is 4.72 Å². The van der Waals surface area contributed by atoms with E-state index in [4.69, 9.17) is 9.15 Å². The number of ether oxygens (including phenoxy) is 1. The highest BCUT2D eigenvalue weighted by atomic mass is 32.2. The van der Waals surface area contributed by atoms with Crippen molar-refractivity contribution < 1.29 is 27.2 Å². The number of Topliss-reactive ketones (excluding diaryl/α,β-unsaturated/α-hetero) is 1. The molecule has 3 aromatic carbocycles. The van der Waals surface area contributed by atoms with Crippen LogP contribution in [-0.4, -0.2) is 26.8 Å². The number of rotatable bonds is 7. The summed E-state index contributed by atoms with van der Waals surface area (Å²) in [6.07, 6.45) is 0. The van der Waals surface area contributed by atoms with Crippen LogP contribution in [0.5, 0.6) is 0 Å². The van der Waals surface area contributed by atoms with Crippen molar-refractivity contribution in [3.8, 4) is 0 Å². The molecule has 0 radical (unpaired) electrons.